The number of H-pyrrole nitrogens is 1. The van der Waals surface area contributed by atoms with Gasteiger partial charge in [-0.2, -0.15) is 0 Å². The molecule has 0 aliphatic carbocycles. The summed E-state index contributed by atoms with van der Waals surface area (Å²) in [5.74, 6) is -1.50. The highest BCUT2D eigenvalue weighted by molar-refractivity contribution is 5.94. The van der Waals surface area contributed by atoms with E-state index in [4.69, 9.17) is 5.11 Å². The van der Waals surface area contributed by atoms with Crippen molar-refractivity contribution < 1.29 is 18.7 Å². The van der Waals surface area contributed by atoms with Gasteiger partial charge in [0, 0.05) is 5.69 Å². The van der Waals surface area contributed by atoms with E-state index in [9.17, 15) is 13.6 Å². The molecule has 3 rings (SSSR count). The number of rotatable bonds is 3. The molecule has 0 aliphatic rings. The minimum Gasteiger partial charge on any atom is -0.387 e. The molecular formula is C15H11F2N3O2. The van der Waals surface area contributed by atoms with Gasteiger partial charge < -0.3 is 15.4 Å². The van der Waals surface area contributed by atoms with Gasteiger partial charge in [-0.3, -0.25) is 4.79 Å². The van der Waals surface area contributed by atoms with Crippen LogP contribution in [0.3, 0.4) is 0 Å². The molecule has 112 valence electrons. The van der Waals surface area contributed by atoms with Crippen LogP contribution in [-0.4, -0.2) is 27.6 Å². The Morgan fingerprint density at radius 1 is 1.23 bits per heavy atom. The van der Waals surface area contributed by atoms with Crippen LogP contribution in [0, 0.1) is 11.6 Å². The quantitative estimate of drug-likeness (QED) is 0.695. The number of anilines is 1. The van der Waals surface area contributed by atoms with E-state index in [1.54, 1.807) is 18.2 Å². The predicted molar refractivity (Wildman–Crippen MR) is 77.2 cm³/mol. The molecule has 5 nitrogen and oxygen atoms in total. The van der Waals surface area contributed by atoms with E-state index in [-0.39, 0.29) is 11.4 Å². The van der Waals surface area contributed by atoms with Gasteiger partial charge in [0.15, 0.2) is 0 Å². The number of carbonyl (C=O) groups is 1. The third-order valence-electron chi connectivity index (χ3n) is 3.09. The van der Waals surface area contributed by atoms with Crippen molar-refractivity contribution in [2.45, 2.75) is 0 Å². The van der Waals surface area contributed by atoms with Gasteiger partial charge in [-0.1, -0.05) is 0 Å². The summed E-state index contributed by atoms with van der Waals surface area (Å²) in [6.45, 7) is -0.624. The van der Waals surface area contributed by atoms with Crippen molar-refractivity contribution in [1.82, 2.24) is 9.97 Å². The van der Waals surface area contributed by atoms with Gasteiger partial charge in [0.2, 0.25) is 5.91 Å². The molecule has 0 saturated heterocycles. The monoisotopic (exact) mass is 303 g/mol. The average molecular weight is 303 g/mol. The molecule has 1 heterocycles. The number of amides is 1. The number of aliphatic hydroxyl groups is 1. The number of carbonyl (C=O) groups excluding carboxylic acids is 1. The van der Waals surface area contributed by atoms with E-state index in [0.29, 0.717) is 16.7 Å². The van der Waals surface area contributed by atoms with Crippen LogP contribution in [0.25, 0.3) is 22.4 Å². The van der Waals surface area contributed by atoms with Gasteiger partial charge in [-0.25, -0.2) is 13.8 Å². The molecule has 0 fully saturated rings. The number of benzene rings is 2. The molecule has 0 bridgehead atoms. The highest BCUT2D eigenvalue weighted by Gasteiger charge is 2.12. The first-order valence-electron chi connectivity index (χ1n) is 6.43. The lowest BCUT2D eigenvalue weighted by Gasteiger charge is -2.01. The van der Waals surface area contributed by atoms with E-state index in [2.05, 4.69) is 15.3 Å². The third kappa shape index (κ3) is 2.66. The molecule has 3 aromatic rings. The summed E-state index contributed by atoms with van der Waals surface area (Å²) in [6.07, 6.45) is 0. The van der Waals surface area contributed by atoms with Gasteiger partial charge in [0.05, 0.1) is 16.6 Å². The highest BCUT2D eigenvalue weighted by Crippen LogP contribution is 2.25. The Hall–Kier alpha value is -2.80. The van der Waals surface area contributed by atoms with Crippen LogP contribution in [0.4, 0.5) is 14.5 Å². The Labute approximate surface area is 123 Å². The topological polar surface area (TPSA) is 78.0 Å². The number of aromatic amines is 1. The van der Waals surface area contributed by atoms with E-state index in [0.717, 1.165) is 18.2 Å². The molecule has 0 saturated carbocycles. The number of nitrogens with zero attached hydrogens (tertiary/aromatic N) is 1. The number of imidazole rings is 1. The summed E-state index contributed by atoms with van der Waals surface area (Å²) in [6, 6.07) is 7.94. The van der Waals surface area contributed by atoms with Gasteiger partial charge in [-0.05, 0) is 36.4 Å². The number of aliphatic hydroxyl groups excluding tert-OH is 1. The maximum Gasteiger partial charge on any atom is 0.250 e. The molecule has 22 heavy (non-hydrogen) atoms. The fourth-order valence-corrected chi connectivity index (χ4v) is 2.09. The van der Waals surface area contributed by atoms with Crippen LogP contribution in [0.1, 0.15) is 0 Å². The molecule has 1 amide bonds. The highest BCUT2D eigenvalue weighted by atomic mass is 19.1. The molecule has 0 aliphatic heterocycles. The van der Waals surface area contributed by atoms with E-state index in [1.165, 1.54) is 0 Å². The minimum absolute atomic E-state index is 0.0251. The fraction of sp³-hybridized carbons (Fsp3) is 0.0667. The molecule has 1 aromatic heterocycles. The van der Waals surface area contributed by atoms with Gasteiger partial charge in [-0.15, -0.1) is 0 Å². The zero-order valence-electron chi connectivity index (χ0n) is 11.2. The standard InChI is InChI=1S/C15H11F2N3O2/c16-8-1-3-11(17)10(5-8)15-19-12-4-2-9(6-13(12)20-15)18-14(22)7-21/h1-6,21H,7H2,(H,18,22)(H,19,20). The number of hydrogen-bond acceptors (Lipinski definition) is 3. The number of fused-ring (bicyclic) bond motifs is 1. The number of nitrogens with one attached hydrogen (secondary N) is 2. The zero-order valence-corrected chi connectivity index (χ0v) is 11.2. The molecule has 7 heteroatoms. The second-order valence-corrected chi connectivity index (χ2v) is 4.65. The summed E-state index contributed by atoms with van der Waals surface area (Å²) >= 11 is 0. The predicted octanol–water partition coefficient (Wildman–Crippen LogP) is 2.44. The lowest BCUT2D eigenvalue weighted by molar-refractivity contribution is -0.118. The van der Waals surface area contributed by atoms with Crippen LogP contribution >= 0.6 is 0 Å². The van der Waals surface area contributed by atoms with Gasteiger partial charge in [0.1, 0.15) is 24.1 Å². The summed E-state index contributed by atoms with van der Waals surface area (Å²) in [4.78, 5) is 18.2. The summed E-state index contributed by atoms with van der Waals surface area (Å²) in [5, 5.41) is 11.2. The zero-order chi connectivity index (χ0) is 15.7. The first-order valence-corrected chi connectivity index (χ1v) is 6.43. The van der Waals surface area contributed by atoms with Crippen molar-refractivity contribution in [3.63, 3.8) is 0 Å². The normalized spacial score (nSPS) is 10.9. The number of hydrogen-bond donors (Lipinski definition) is 3. The molecule has 2 aromatic carbocycles. The van der Waals surface area contributed by atoms with E-state index >= 15 is 0 Å². The molecule has 0 unspecified atom stereocenters. The SMILES string of the molecule is O=C(CO)Nc1ccc2nc(-c3cc(F)ccc3F)[nH]c2c1. The van der Waals surface area contributed by atoms with Crippen LogP contribution < -0.4 is 5.32 Å². The van der Waals surface area contributed by atoms with Crippen molar-refractivity contribution in [2.75, 3.05) is 11.9 Å². The molecule has 0 radical (unpaired) electrons. The smallest absolute Gasteiger partial charge is 0.250 e. The fourth-order valence-electron chi connectivity index (χ4n) is 2.09. The van der Waals surface area contributed by atoms with Crippen LogP contribution in [0.15, 0.2) is 36.4 Å². The van der Waals surface area contributed by atoms with Crippen LogP contribution in [-0.2, 0) is 4.79 Å². The Morgan fingerprint density at radius 3 is 2.82 bits per heavy atom. The van der Waals surface area contributed by atoms with Gasteiger partial charge in [0.25, 0.3) is 0 Å². The Bertz CT molecular complexity index is 861. The minimum atomic E-state index is -0.624. The second-order valence-electron chi connectivity index (χ2n) is 4.65. The van der Waals surface area contributed by atoms with E-state index in [1.807, 2.05) is 0 Å². The summed E-state index contributed by atoms with van der Waals surface area (Å²) in [5.41, 5.74) is 1.58. The maximum atomic E-state index is 13.8. The van der Waals surface area contributed by atoms with Gasteiger partial charge >= 0.3 is 0 Å². The Kier molecular flexibility index (Phi) is 3.56. The maximum absolute atomic E-state index is 13.8. The lowest BCUT2D eigenvalue weighted by Crippen LogP contribution is -2.15. The Morgan fingerprint density at radius 2 is 2.05 bits per heavy atom. The third-order valence-corrected chi connectivity index (χ3v) is 3.09. The number of halogens is 2. The van der Waals surface area contributed by atoms with Crippen molar-refractivity contribution in [2.24, 2.45) is 0 Å². The number of aromatic nitrogens is 2. The van der Waals surface area contributed by atoms with E-state index < -0.39 is 24.1 Å². The second kappa shape index (κ2) is 5.53. The summed E-state index contributed by atoms with van der Waals surface area (Å²) in [7, 11) is 0. The van der Waals surface area contributed by atoms with Crippen molar-refractivity contribution in [3.05, 3.63) is 48.0 Å². The lowest BCUT2D eigenvalue weighted by atomic mass is 10.2. The molecule has 3 N–H and O–H groups in total. The largest absolute Gasteiger partial charge is 0.387 e. The first kappa shape index (κ1) is 14.2. The van der Waals surface area contributed by atoms with Crippen molar-refractivity contribution in [1.29, 1.82) is 0 Å². The first-order chi connectivity index (χ1) is 10.6. The van der Waals surface area contributed by atoms with Crippen molar-refractivity contribution in [3.8, 4) is 11.4 Å². The molecule has 0 spiro atoms. The molecule has 0 atom stereocenters. The Balaban J connectivity index is 2.02. The molecular weight excluding hydrogens is 292 g/mol. The summed E-state index contributed by atoms with van der Waals surface area (Å²) < 4.78 is 27.0. The van der Waals surface area contributed by atoms with Crippen LogP contribution in [0.5, 0.6) is 0 Å². The van der Waals surface area contributed by atoms with Crippen molar-refractivity contribution >= 4 is 22.6 Å². The van der Waals surface area contributed by atoms with Crippen LogP contribution in [0.2, 0.25) is 0 Å². The average Bonchev–Trinajstić information content (AvgIpc) is 2.92.